The predicted molar refractivity (Wildman–Crippen MR) is 101 cm³/mol. The summed E-state index contributed by atoms with van der Waals surface area (Å²) in [6.07, 6.45) is 0.583. The van der Waals surface area contributed by atoms with Gasteiger partial charge >= 0.3 is 0 Å². The molecule has 0 radical (unpaired) electrons. The molecule has 0 amide bonds. The lowest BCUT2D eigenvalue weighted by Crippen LogP contribution is -2.65. The maximum absolute atomic E-state index is 11.1. The van der Waals surface area contributed by atoms with Crippen LogP contribution in [0.25, 0.3) is 0 Å². The summed E-state index contributed by atoms with van der Waals surface area (Å²) in [7, 11) is 1.61. The van der Waals surface area contributed by atoms with E-state index in [4.69, 9.17) is 21.7 Å². The van der Waals surface area contributed by atoms with Gasteiger partial charge in [-0.15, -0.1) is 0 Å². The molecule has 2 atom stereocenters. The van der Waals surface area contributed by atoms with Gasteiger partial charge in [0, 0.05) is 24.1 Å². The summed E-state index contributed by atoms with van der Waals surface area (Å²) in [6.45, 7) is 1.96. The molecule has 2 bridgehead atoms. The molecule has 7 nitrogen and oxygen atoms in total. The molecule has 8 heteroatoms. The number of thiocarbonyl (C=S) groups is 1. The fraction of sp³-hybridized carbons (Fsp3) is 0.278. The lowest BCUT2D eigenvalue weighted by molar-refractivity contribution is -0.385. The summed E-state index contributed by atoms with van der Waals surface area (Å²) < 4.78 is 11.8. The third kappa shape index (κ3) is 2.45. The topological polar surface area (TPSA) is 76.9 Å². The molecule has 2 aliphatic rings. The highest BCUT2D eigenvalue weighted by molar-refractivity contribution is 7.80. The van der Waals surface area contributed by atoms with Crippen LogP contribution in [0.2, 0.25) is 0 Å². The Morgan fingerprint density at radius 2 is 2.15 bits per heavy atom. The fourth-order valence-corrected chi connectivity index (χ4v) is 4.09. The number of nitro benzene ring substituents is 1. The zero-order valence-corrected chi connectivity index (χ0v) is 15.1. The van der Waals surface area contributed by atoms with E-state index in [1.807, 2.05) is 36.1 Å². The van der Waals surface area contributed by atoms with Crippen molar-refractivity contribution in [2.24, 2.45) is 0 Å². The zero-order chi connectivity index (χ0) is 18.5. The number of hydrogen-bond acceptors (Lipinski definition) is 5. The normalized spacial score (nSPS) is 23.5. The van der Waals surface area contributed by atoms with Gasteiger partial charge in [0.2, 0.25) is 0 Å². The number of para-hydroxylation sites is 2. The summed E-state index contributed by atoms with van der Waals surface area (Å²) in [6, 6.07) is 12.1. The second-order valence-electron chi connectivity index (χ2n) is 6.47. The number of anilines is 1. The molecular weight excluding hydrogens is 354 g/mol. The Morgan fingerprint density at radius 3 is 2.88 bits per heavy atom. The van der Waals surface area contributed by atoms with Crippen molar-refractivity contribution in [3.63, 3.8) is 0 Å². The Morgan fingerprint density at radius 1 is 1.38 bits per heavy atom. The summed E-state index contributed by atoms with van der Waals surface area (Å²) in [5.41, 5.74) is 0.860. The molecular formula is C18H17N3O4S. The van der Waals surface area contributed by atoms with Crippen molar-refractivity contribution in [1.82, 2.24) is 5.32 Å². The van der Waals surface area contributed by atoms with Crippen LogP contribution in [0.4, 0.5) is 11.4 Å². The second-order valence-corrected chi connectivity index (χ2v) is 6.86. The van der Waals surface area contributed by atoms with Crippen molar-refractivity contribution < 1.29 is 14.4 Å². The van der Waals surface area contributed by atoms with Gasteiger partial charge < -0.3 is 14.8 Å². The number of ether oxygens (including phenoxy) is 2. The molecule has 4 rings (SSSR count). The smallest absolute Gasteiger partial charge is 0.270 e. The van der Waals surface area contributed by atoms with Crippen LogP contribution in [0, 0.1) is 10.1 Å². The molecule has 2 aliphatic heterocycles. The Hall–Kier alpha value is -2.87. The Balaban J connectivity index is 1.80. The molecule has 26 heavy (non-hydrogen) atoms. The molecule has 2 aromatic rings. The van der Waals surface area contributed by atoms with E-state index in [9.17, 15) is 10.1 Å². The van der Waals surface area contributed by atoms with Crippen molar-refractivity contribution >= 4 is 28.7 Å². The first-order chi connectivity index (χ1) is 12.4. The van der Waals surface area contributed by atoms with Crippen LogP contribution in [-0.2, 0) is 0 Å². The van der Waals surface area contributed by atoms with Gasteiger partial charge in [-0.2, -0.15) is 0 Å². The maximum atomic E-state index is 11.1. The molecule has 0 saturated carbocycles. The molecule has 0 spiro atoms. The van der Waals surface area contributed by atoms with Gasteiger partial charge in [-0.3, -0.25) is 15.0 Å². The lowest BCUT2D eigenvalue weighted by atomic mass is 9.90. The number of non-ortho nitro benzene ring substituents is 1. The van der Waals surface area contributed by atoms with Crippen LogP contribution in [0.3, 0.4) is 0 Å². The first-order valence-corrected chi connectivity index (χ1v) is 8.55. The van der Waals surface area contributed by atoms with E-state index in [-0.39, 0.29) is 11.7 Å². The number of rotatable bonds is 3. The van der Waals surface area contributed by atoms with Crippen LogP contribution in [-0.4, -0.2) is 22.9 Å². The Kier molecular flexibility index (Phi) is 3.73. The lowest BCUT2D eigenvalue weighted by Gasteiger charge is -2.52. The fourth-order valence-electron chi connectivity index (χ4n) is 3.65. The zero-order valence-electron chi connectivity index (χ0n) is 14.3. The Bertz CT molecular complexity index is 919. The molecule has 1 saturated heterocycles. The highest BCUT2D eigenvalue weighted by Crippen LogP contribution is 2.47. The minimum Gasteiger partial charge on any atom is -0.495 e. The average Bonchev–Trinajstić information content (AvgIpc) is 2.61. The summed E-state index contributed by atoms with van der Waals surface area (Å²) in [5.74, 6) is 1.30. The van der Waals surface area contributed by atoms with E-state index in [0.29, 0.717) is 23.0 Å². The van der Waals surface area contributed by atoms with Crippen LogP contribution in [0.1, 0.15) is 24.9 Å². The number of nitrogens with zero attached hydrogens (tertiary/aromatic N) is 2. The number of nitrogens with one attached hydrogen (secondary N) is 1. The van der Waals surface area contributed by atoms with E-state index in [2.05, 4.69) is 5.32 Å². The molecule has 1 N–H and O–H groups in total. The van der Waals surface area contributed by atoms with E-state index in [0.717, 1.165) is 11.3 Å². The minimum absolute atomic E-state index is 0.0378. The number of benzene rings is 2. The Labute approximate surface area is 155 Å². The van der Waals surface area contributed by atoms with Crippen LogP contribution in [0.5, 0.6) is 11.5 Å². The molecule has 1 unspecified atom stereocenters. The summed E-state index contributed by atoms with van der Waals surface area (Å²) in [4.78, 5) is 12.6. The van der Waals surface area contributed by atoms with Crippen molar-refractivity contribution in [3.8, 4) is 11.5 Å². The van der Waals surface area contributed by atoms with E-state index >= 15 is 0 Å². The molecule has 2 aromatic carbocycles. The van der Waals surface area contributed by atoms with Gasteiger partial charge in [0.25, 0.3) is 5.69 Å². The SMILES string of the molecule is COc1ccccc1N1C(=S)NC2C[C@]1(C)Oc1ccc([N+](=O)[O-])cc12. The quantitative estimate of drug-likeness (QED) is 0.502. The number of methoxy groups -OCH3 is 1. The molecule has 2 heterocycles. The van der Waals surface area contributed by atoms with E-state index < -0.39 is 10.6 Å². The van der Waals surface area contributed by atoms with Crippen molar-refractivity contribution in [2.75, 3.05) is 12.0 Å². The van der Waals surface area contributed by atoms with Gasteiger partial charge in [-0.1, -0.05) is 12.1 Å². The van der Waals surface area contributed by atoms with Crippen LogP contribution >= 0.6 is 12.2 Å². The molecule has 1 fully saturated rings. The highest BCUT2D eigenvalue weighted by Gasteiger charge is 2.49. The van der Waals surface area contributed by atoms with Gasteiger partial charge in [0.15, 0.2) is 10.8 Å². The van der Waals surface area contributed by atoms with Crippen molar-refractivity contribution in [1.29, 1.82) is 0 Å². The number of hydrogen-bond donors (Lipinski definition) is 1. The van der Waals surface area contributed by atoms with Crippen LogP contribution in [0.15, 0.2) is 42.5 Å². The van der Waals surface area contributed by atoms with E-state index in [1.165, 1.54) is 6.07 Å². The molecule has 134 valence electrons. The number of fused-ring (bicyclic) bond motifs is 4. The maximum Gasteiger partial charge on any atom is 0.270 e. The average molecular weight is 371 g/mol. The third-order valence-corrected chi connectivity index (χ3v) is 5.09. The van der Waals surface area contributed by atoms with Gasteiger partial charge in [-0.25, -0.2) is 0 Å². The second kappa shape index (κ2) is 5.84. The summed E-state index contributed by atoms with van der Waals surface area (Å²) >= 11 is 5.60. The standard InChI is InChI=1S/C18H17N3O4S/c1-18-10-13(12-9-11(21(22)23)7-8-15(12)25-18)19-17(26)20(18)14-5-3-4-6-16(14)24-2/h3-9,13H,10H2,1-2H3,(H,19,26)/t13?,18-/m0/s1. The molecule has 0 aliphatic carbocycles. The predicted octanol–water partition coefficient (Wildman–Crippen LogP) is 3.54. The van der Waals surface area contributed by atoms with Gasteiger partial charge in [0.1, 0.15) is 11.5 Å². The number of nitro groups is 1. The monoisotopic (exact) mass is 371 g/mol. The van der Waals surface area contributed by atoms with E-state index in [1.54, 1.807) is 19.2 Å². The largest absolute Gasteiger partial charge is 0.495 e. The van der Waals surface area contributed by atoms with Crippen LogP contribution < -0.4 is 19.7 Å². The highest BCUT2D eigenvalue weighted by atomic mass is 32.1. The van der Waals surface area contributed by atoms with Gasteiger partial charge in [0.05, 0.1) is 23.8 Å². The van der Waals surface area contributed by atoms with Gasteiger partial charge in [-0.05, 0) is 37.3 Å². The first-order valence-electron chi connectivity index (χ1n) is 8.14. The molecule has 0 aromatic heterocycles. The van der Waals surface area contributed by atoms with Crippen molar-refractivity contribution in [3.05, 3.63) is 58.1 Å². The summed E-state index contributed by atoms with van der Waals surface area (Å²) in [5, 5.41) is 14.9. The third-order valence-electron chi connectivity index (χ3n) is 4.79. The minimum atomic E-state index is -0.731. The first kappa shape index (κ1) is 16.6. The van der Waals surface area contributed by atoms with Crippen molar-refractivity contribution in [2.45, 2.75) is 25.1 Å².